The molecular weight excluding hydrogens is 510 g/mol. The minimum absolute atomic E-state index is 0.0924. The molecule has 0 N–H and O–H groups in total. The molecule has 8 nitrogen and oxygen atoms in total. The molecule has 198 valence electrons. The number of hydrogen-bond acceptors (Lipinski definition) is 4. The van der Waals surface area contributed by atoms with Crippen LogP contribution in [0.5, 0.6) is 0 Å². The number of imide groups is 1. The number of urea groups is 2. The van der Waals surface area contributed by atoms with E-state index in [2.05, 4.69) is 0 Å². The van der Waals surface area contributed by atoms with Gasteiger partial charge in [-0.3, -0.25) is 19.9 Å². The van der Waals surface area contributed by atoms with Crippen LogP contribution in [0.25, 0.3) is 0 Å². The van der Waals surface area contributed by atoms with Crippen molar-refractivity contribution in [1.29, 1.82) is 0 Å². The van der Waals surface area contributed by atoms with Crippen LogP contribution in [0, 0.1) is 10.1 Å². The predicted octanol–water partition coefficient (Wildman–Crippen LogP) is 6.14. The van der Waals surface area contributed by atoms with Gasteiger partial charge in [-0.2, -0.15) is 26.3 Å². The number of halogens is 6. The second-order valence-corrected chi connectivity index (χ2v) is 8.77. The summed E-state index contributed by atoms with van der Waals surface area (Å²) in [5.41, 5.74) is -5.11. The number of hydrogen-bond donors (Lipinski definition) is 0. The van der Waals surface area contributed by atoms with E-state index in [1.54, 1.807) is 0 Å². The summed E-state index contributed by atoms with van der Waals surface area (Å²) in [6.45, 7) is -1.08. The molecule has 0 aromatic heterocycles. The van der Waals surface area contributed by atoms with Gasteiger partial charge in [0.2, 0.25) is 6.54 Å². The van der Waals surface area contributed by atoms with Gasteiger partial charge in [-0.25, -0.2) is 14.5 Å². The Morgan fingerprint density at radius 2 is 1.41 bits per heavy atom. The fourth-order valence-electron chi connectivity index (χ4n) is 4.84. The summed E-state index contributed by atoms with van der Waals surface area (Å²) in [5, 5.41) is 11.8. The Labute approximate surface area is 206 Å². The lowest BCUT2D eigenvalue weighted by Crippen LogP contribution is -2.76. The van der Waals surface area contributed by atoms with Gasteiger partial charge in [-0.15, -0.1) is 0 Å². The molecule has 4 rings (SSSR count). The van der Waals surface area contributed by atoms with E-state index in [0.717, 1.165) is 46.2 Å². The molecule has 1 atom stereocenters. The maximum Gasteiger partial charge on any atom is 0.416 e. The van der Waals surface area contributed by atoms with Crippen LogP contribution in [-0.2, 0) is 12.4 Å². The highest BCUT2D eigenvalue weighted by Crippen LogP contribution is 2.43. The molecule has 2 fully saturated rings. The van der Waals surface area contributed by atoms with Crippen molar-refractivity contribution in [3.05, 3.63) is 69.8 Å². The van der Waals surface area contributed by atoms with E-state index in [1.165, 1.54) is 0 Å². The first-order valence-electron chi connectivity index (χ1n) is 11.2. The van der Waals surface area contributed by atoms with Crippen LogP contribution >= 0.6 is 0 Å². The Kier molecular flexibility index (Phi) is 6.54. The molecule has 0 aliphatic carbocycles. The number of fused-ring (bicyclic) bond motifs is 1. The molecular formula is C23H20F6N4O4. The van der Waals surface area contributed by atoms with Gasteiger partial charge in [0.05, 0.1) is 16.8 Å². The lowest BCUT2D eigenvalue weighted by molar-refractivity contribution is -0.494. The molecule has 0 bridgehead atoms. The van der Waals surface area contributed by atoms with Crippen LogP contribution in [-0.4, -0.2) is 40.6 Å². The lowest BCUT2D eigenvalue weighted by Gasteiger charge is -2.53. The molecule has 2 aliphatic heterocycles. The molecule has 0 unspecified atom stereocenters. The van der Waals surface area contributed by atoms with Crippen molar-refractivity contribution in [3.63, 3.8) is 0 Å². The first-order chi connectivity index (χ1) is 17.3. The zero-order chi connectivity index (χ0) is 27.2. The summed E-state index contributed by atoms with van der Waals surface area (Å²) >= 11 is 0. The number of nitro groups is 1. The van der Waals surface area contributed by atoms with Crippen LogP contribution in [0.1, 0.15) is 36.8 Å². The third-order valence-electron chi connectivity index (χ3n) is 6.43. The highest BCUT2D eigenvalue weighted by molar-refractivity contribution is 6.21. The average molecular weight is 530 g/mol. The minimum Gasteiger partial charge on any atom is -0.294 e. The van der Waals surface area contributed by atoms with Crippen molar-refractivity contribution in [2.45, 2.75) is 43.7 Å². The van der Waals surface area contributed by atoms with Gasteiger partial charge >= 0.3 is 24.4 Å². The number of amides is 4. The second-order valence-electron chi connectivity index (χ2n) is 8.77. The number of anilines is 2. The van der Waals surface area contributed by atoms with Crippen molar-refractivity contribution >= 4 is 23.4 Å². The highest BCUT2D eigenvalue weighted by Gasteiger charge is 2.59. The normalized spacial score (nSPS) is 21.1. The maximum absolute atomic E-state index is 13.8. The highest BCUT2D eigenvalue weighted by atomic mass is 19.4. The van der Waals surface area contributed by atoms with Crippen molar-refractivity contribution < 1.29 is 40.9 Å². The molecule has 0 saturated carbocycles. The third kappa shape index (κ3) is 4.79. The largest absolute Gasteiger partial charge is 0.416 e. The van der Waals surface area contributed by atoms with E-state index >= 15 is 0 Å². The summed E-state index contributed by atoms with van der Waals surface area (Å²) in [7, 11) is 0. The van der Waals surface area contributed by atoms with E-state index < -0.39 is 58.4 Å². The van der Waals surface area contributed by atoms with Gasteiger partial charge in [0, 0.05) is 17.2 Å². The quantitative estimate of drug-likeness (QED) is 0.270. The zero-order valence-electron chi connectivity index (χ0n) is 19.1. The molecule has 37 heavy (non-hydrogen) atoms. The maximum atomic E-state index is 13.8. The van der Waals surface area contributed by atoms with Crippen LogP contribution in [0.2, 0.25) is 0 Å². The fourth-order valence-corrected chi connectivity index (χ4v) is 4.84. The molecule has 2 aromatic rings. The topological polar surface area (TPSA) is 87.0 Å². The lowest BCUT2D eigenvalue weighted by atomic mass is 9.96. The van der Waals surface area contributed by atoms with Crippen molar-refractivity contribution in [3.8, 4) is 0 Å². The smallest absolute Gasteiger partial charge is 0.294 e. The molecule has 14 heteroatoms. The van der Waals surface area contributed by atoms with Gasteiger partial charge in [-0.1, -0.05) is 18.6 Å². The van der Waals surface area contributed by atoms with Crippen molar-refractivity contribution in [2.24, 2.45) is 0 Å². The Morgan fingerprint density at radius 1 is 0.838 bits per heavy atom. The van der Waals surface area contributed by atoms with Crippen molar-refractivity contribution in [2.75, 3.05) is 22.9 Å². The molecule has 2 heterocycles. The predicted molar refractivity (Wildman–Crippen MR) is 118 cm³/mol. The Bertz CT molecular complexity index is 1230. The number of rotatable bonds is 4. The van der Waals surface area contributed by atoms with Crippen LogP contribution in [0.15, 0.2) is 48.5 Å². The average Bonchev–Trinajstić information content (AvgIpc) is 3.01. The zero-order valence-corrected chi connectivity index (χ0v) is 19.1. The molecule has 2 aromatic carbocycles. The summed E-state index contributed by atoms with van der Waals surface area (Å²) in [6.07, 6.45) is -8.53. The van der Waals surface area contributed by atoms with E-state index in [-0.39, 0.29) is 18.7 Å². The van der Waals surface area contributed by atoms with Gasteiger partial charge < -0.3 is 0 Å². The summed E-state index contributed by atoms with van der Waals surface area (Å²) < 4.78 is 80.6. The molecule has 0 spiro atoms. The van der Waals surface area contributed by atoms with Gasteiger partial charge in [0.1, 0.15) is 0 Å². The third-order valence-corrected chi connectivity index (χ3v) is 6.43. The second kappa shape index (κ2) is 9.23. The van der Waals surface area contributed by atoms with Crippen molar-refractivity contribution in [1.82, 2.24) is 4.90 Å². The summed E-state index contributed by atoms with van der Waals surface area (Å²) in [4.78, 5) is 40.6. The number of carbonyl (C=O) groups is 2. The molecule has 2 aliphatic rings. The summed E-state index contributed by atoms with van der Waals surface area (Å²) in [6, 6.07) is 4.51. The Balaban J connectivity index is 1.95. The first kappa shape index (κ1) is 26.2. The van der Waals surface area contributed by atoms with Gasteiger partial charge in [-0.05, 0) is 55.7 Å². The Hall–Kier alpha value is -3.84. The van der Waals surface area contributed by atoms with E-state index in [1.807, 2.05) is 0 Å². The SMILES string of the molecule is O=C1N(c2cccc(C(F)(F)F)c2)C(=O)N(c2cccc(C(F)(F)F)c2)[C@]2(C[N+](=O)[O-])CCCCCN12. The summed E-state index contributed by atoms with van der Waals surface area (Å²) in [5.74, 6) is 0. The molecule has 0 radical (unpaired) electrons. The monoisotopic (exact) mass is 530 g/mol. The number of alkyl halides is 6. The number of nitrogens with zero attached hydrogens (tertiary/aromatic N) is 4. The van der Waals surface area contributed by atoms with E-state index in [9.17, 15) is 46.0 Å². The molecule has 2 saturated heterocycles. The number of carbonyl (C=O) groups excluding carboxylic acids is 2. The number of benzene rings is 2. The van der Waals surface area contributed by atoms with E-state index in [0.29, 0.717) is 36.3 Å². The fraction of sp³-hybridized carbons (Fsp3) is 0.391. The van der Waals surface area contributed by atoms with Gasteiger partial charge in [0.15, 0.2) is 5.66 Å². The standard InChI is InChI=1S/C23H20F6N4O4/c24-22(25,26)15-6-4-8-17(12-15)32-19(34)30-11-3-1-2-10-21(30,14-31(36)37)33(20(32)35)18-9-5-7-16(13-18)23(27,28)29/h4-9,12-13H,1-3,10-11,14H2/t21-/m0/s1. The van der Waals surface area contributed by atoms with Crippen LogP contribution in [0.4, 0.5) is 47.3 Å². The molecule has 4 amide bonds. The Morgan fingerprint density at radius 3 is 1.97 bits per heavy atom. The van der Waals surface area contributed by atoms with Gasteiger partial charge in [0.25, 0.3) is 0 Å². The first-order valence-corrected chi connectivity index (χ1v) is 11.2. The minimum atomic E-state index is -4.81. The van der Waals surface area contributed by atoms with E-state index in [4.69, 9.17) is 0 Å². The van der Waals surface area contributed by atoms with Crippen LogP contribution < -0.4 is 9.80 Å². The van der Waals surface area contributed by atoms with Crippen LogP contribution in [0.3, 0.4) is 0 Å².